The fourth-order valence-corrected chi connectivity index (χ4v) is 6.23. The summed E-state index contributed by atoms with van der Waals surface area (Å²) < 4.78 is 2.27. The molecule has 0 saturated carbocycles. The molecule has 1 aliphatic carbocycles. The number of para-hydroxylation sites is 2. The predicted molar refractivity (Wildman–Crippen MR) is 222 cm³/mol. The molecule has 256 valence electrons. The molecule has 0 radical (unpaired) electrons. The number of hydrogen-bond acceptors (Lipinski definition) is 3. The number of carbonyl (C=O) groups excluding carboxylic acids is 1. The molecule has 4 aromatic carbocycles. The molecule has 0 saturated heterocycles. The Morgan fingerprint density at radius 3 is 2.18 bits per heavy atom. The van der Waals surface area contributed by atoms with E-state index in [1.165, 1.54) is 16.5 Å². The number of ketones is 1. The van der Waals surface area contributed by atoms with Crippen molar-refractivity contribution in [1.82, 2.24) is 4.57 Å². The van der Waals surface area contributed by atoms with Gasteiger partial charge in [-0.15, -0.1) is 0 Å². The van der Waals surface area contributed by atoms with Crippen molar-refractivity contribution in [3.63, 3.8) is 0 Å². The van der Waals surface area contributed by atoms with Crippen molar-refractivity contribution in [2.75, 3.05) is 17.4 Å². The summed E-state index contributed by atoms with van der Waals surface area (Å²) in [5.41, 5.74) is 10.0. The molecule has 50 heavy (non-hydrogen) atoms. The Hall–Kier alpha value is -5.06. The second kappa shape index (κ2) is 18.6. The lowest BCUT2D eigenvalue weighted by Gasteiger charge is -2.28. The van der Waals surface area contributed by atoms with Gasteiger partial charge in [0.2, 0.25) is 0 Å². The number of benzene rings is 4. The van der Waals surface area contributed by atoms with E-state index < -0.39 is 0 Å². The number of carbonyl (C=O) groups is 1. The first-order chi connectivity index (χ1) is 24.5. The first-order valence-electron chi connectivity index (χ1n) is 17.6. The largest absolute Gasteiger partial charge is 0.311 e. The zero-order valence-corrected chi connectivity index (χ0v) is 31.4. The molecule has 2 aliphatic rings. The topological polar surface area (TPSA) is 25.2 Å². The van der Waals surface area contributed by atoms with E-state index in [1.807, 2.05) is 94.8 Å². The van der Waals surface area contributed by atoms with Crippen LogP contribution in [0.2, 0.25) is 0 Å². The van der Waals surface area contributed by atoms with Gasteiger partial charge in [-0.2, -0.15) is 11.8 Å². The molecule has 1 atom stereocenters. The minimum Gasteiger partial charge on any atom is -0.311 e. The number of nitrogens with zero attached hydrogens (tertiary/aromatic N) is 2. The van der Waals surface area contributed by atoms with Crippen LogP contribution >= 0.6 is 11.8 Å². The number of anilines is 2. The Morgan fingerprint density at radius 2 is 1.42 bits per heavy atom. The third-order valence-electron chi connectivity index (χ3n) is 8.35. The van der Waals surface area contributed by atoms with Gasteiger partial charge in [-0.05, 0) is 90.7 Å². The minimum atomic E-state index is -0.00503. The lowest BCUT2D eigenvalue weighted by Crippen LogP contribution is -2.16. The number of allylic oxidation sites excluding steroid dienone is 7. The maximum atomic E-state index is 13.8. The highest BCUT2D eigenvalue weighted by molar-refractivity contribution is 7.97. The number of thioether (sulfide) groups is 1. The van der Waals surface area contributed by atoms with Crippen LogP contribution in [0.1, 0.15) is 73.3 Å². The number of hydrogen-bond donors (Lipinski definition) is 0. The maximum absolute atomic E-state index is 13.8. The normalized spacial score (nSPS) is 15.5. The molecular weight excluding hydrogens is 629 g/mol. The summed E-state index contributed by atoms with van der Waals surface area (Å²) in [5, 5.41) is 1.24. The van der Waals surface area contributed by atoms with Gasteiger partial charge < -0.3 is 9.47 Å². The van der Waals surface area contributed by atoms with Crippen molar-refractivity contribution in [1.29, 1.82) is 0 Å². The van der Waals surface area contributed by atoms with E-state index in [2.05, 4.69) is 114 Å². The smallest absolute Gasteiger partial charge is 0.193 e. The highest BCUT2D eigenvalue weighted by atomic mass is 32.2. The quantitative estimate of drug-likeness (QED) is 0.177. The van der Waals surface area contributed by atoms with Crippen LogP contribution in [0.4, 0.5) is 11.4 Å². The van der Waals surface area contributed by atoms with Crippen molar-refractivity contribution in [2.24, 2.45) is 0 Å². The molecule has 1 aliphatic heterocycles. The Balaban J connectivity index is 0.000000751. The predicted octanol–water partition coefficient (Wildman–Crippen LogP) is 12.9. The van der Waals surface area contributed by atoms with Crippen molar-refractivity contribution in [3.05, 3.63) is 180 Å². The molecule has 1 unspecified atom stereocenters. The van der Waals surface area contributed by atoms with Crippen LogP contribution in [-0.4, -0.2) is 22.9 Å². The number of fused-ring (bicyclic) bond motifs is 4. The lowest BCUT2D eigenvalue weighted by atomic mass is 9.97. The van der Waals surface area contributed by atoms with E-state index in [0.29, 0.717) is 11.1 Å². The average molecular weight is 679 g/mol. The highest BCUT2D eigenvalue weighted by Gasteiger charge is 2.20. The highest BCUT2D eigenvalue weighted by Crippen LogP contribution is 2.37. The Morgan fingerprint density at radius 1 is 0.740 bits per heavy atom. The standard InChI is InChI=1S/C40H32N2O.C2H6S.2C2H6/c1-28-13-6-7-14-29(2)41(37-21-10-8-17-34(28)37)32-25-23-30(24-26-32)40(43)31-15-12-16-33(27-31)42-38-20-5-3-4-18-35(38)36-19-9-11-22-39(36)42;1-3-2;2*1-2/h3-17,19-28H,2,18H2,1H3;1-2H3;2*1-2H3/b13-6-,14-7-;;;. The second-order valence-corrected chi connectivity index (χ2v) is 12.3. The van der Waals surface area contributed by atoms with Crippen LogP contribution in [0.5, 0.6) is 0 Å². The van der Waals surface area contributed by atoms with E-state index in [1.54, 1.807) is 11.8 Å². The van der Waals surface area contributed by atoms with E-state index in [4.69, 9.17) is 0 Å². The molecule has 0 amide bonds. The van der Waals surface area contributed by atoms with Gasteiger partial charge >= 0.3 is 0 Å². The van der Waals surface area contributed by atoms with Gasteiger partial charge in [0.1, 0.15) is 0 Å². The molecule has 4 heteroatoms. The zero-order chi connectivity index (χ0) is 36.0. The van der Waals surface area contributed by atoms with Crippen LogP contribution in [0.25, 0.3) is 22.7 Å². The molecule has 1 aromatic heterocycles. The van der Waals surface area contributed by atoms with Gasteiger partial charge in [-0.3, -0.25) is 4.79 Å². The molecular formula is C46H50N2OS. The number of rotatable bonds is 4. The van der Waals surface area contributed by atoms with E-state index in [9.17, 15) is 4.79 Å². The van der Waals surface area contributed by atoms with Crippen molar-refractivity contribution in [2.45, 2.75) is 47.0 Å². The summed E-state index contributed by atoms with van der Waals surface area (Å²) in [6.45, 7) is 14.6. The summed E-state index contributed by atoms with van der Waals surface area (Å²) in [7, 11) is 0. The number of aromatic nitrogens is 1. The summed E-state index contributed by atoms with van der Waals surface area (Å²) in [6.07, 6.45) is 21.8. The van der Waals surface area contributed by atoms with Gasteiger partial charge in [-0.25, -0.2) is 0 Å². The summed E-state index contributed by atoms with van der Waals surface area (Å²) >= 11 is 1.75. The summed E-state index contributed by atoms with van der Waals surface area (Å²) in [5.74, 6) is 0.246. The molecule has 0 spiro atoms. The van der Waals surface area contributed by atoms with Gasteiger partial charge in [0.15, 0.2) is 5.78 Å². The summed E-state index contributed by atoms with van der Waals surface area (Å²) in [4.78, 5) is 16.0. The SMILES string of the molecule is C=C1/C=C\C=C/C(C)c2ccccc2N1c1ccc(C(=O)c2cccc(-n3c4c(c5ccccc53)CC=CC=C4)c2)cc1.CC.CC.CSC. The molecule has 0 fully saturated rings. The fourth-order valence-electron chi connectivity index (χ4n) is 6.23. The lowest BCUT2D eigenvalue weighted by molar-refractivity contribution is 0.103. The minimum absolute atomic E-state index is 0.00503. The summed E-state index contributed by atoms with van der Waals surface area (Å²) in [6, 6.07) is 32.8. The van der Waals surface area contributed by atoms with Gasteiger partial charge in [-0.1, -0.05) is 126 Å². The van der Waals surface area contributed by atoms with Crippen molar-refractivity contribution < 1.29 is 4.79 Å². The first-order valence-corrected chi connectivity index (χ1v) is 19.2. The van der Waals surface area contributed by atoms with Gasteiger partial charge in [0, 0.05) is 45.2 Å². The van der Waals surface area contributed by atoms with E-state index in [-0.39, 0.29) is 11.7 Å². The molecule has 2 heterocycles. The zero-order valence-electron chi connectivity index (χ0n) is 30.6. The van der Waals surface area contributed by atoms with E-state index in [0.717, 1.165) is 40.4 Å². The third-order valence-corrected chi connectivity index (χ3v) is 8.35. The van der Waals surface area contributed by atoms with Crippen LogP contribution in [-0.2, 0) is 6.42 Å². The molecule has 7 rings (SSSR count). The van der Waals surface area contributed by atoms with Crippen molar-refractivity contribution in [3.8, 4) is 5.69 Å². The van der Waals surface area contributed by atoms with Crippen molar-refractivity contribution >= 4 is 45.9 Å². The second-order valence-electron chi connectivity index (χ2n) is 11.5. The Labute approximate surface area is 304 Å². The third kappa shape index (κ3) is 8.21. The average Bonchev–Trinajstić information content (AvgIpc) is 3.31. The Kier molecular flexibility index (Phi) is 14.1. The van der Waals surface area contributed by atoms with Gasteiger partial charge in [0.05, 0.1) is 11.2 Å². The Bertz CT molecular complexity index is 2020. The molecule has 0 N–H and O–H groups in total. The van der Waals surface area contributed by atoms with Crippen LogP contribution in [0.3, 0.4) is 0 Å². The maximum Gasteiger partial charge on any atom is 0.193 e. The first kappa shape index (κ1) is 37.8. The molecule has 5 aromatic rings. The van der Waals surface area contributed by atoms with Gasteiger partial charge in [0.25, 0.3) is 0 Å². The fraction of sp³-hybridized carbons (Fsp3) is 0.196. The molecule has 0 bridgehead atoms. The monoisotopic (exact) mass is 678 g/mol. The molecule has 3 nitrogen and oxygen atoms in total. The van der Waals surface area contributed by atoms with Crippen LogP contribution in [0.15, 0.2) is 152 Å². The van der Waals surface area contributed by atoms with Crippen LogP contribution in [0, 0.1) is 0 Å². The van der Waals surface area contributed by atoms with E-state index >= 15 is 0 Å². The van der Waals surface area contributed by atoms with Crippen LogP contribution < -0.4 is 4.90 Å².